The summed E-state index contributed by atoms with van der Waals surface area (Å²) >= 11 is 2.00. The second-order valence-corrected chi connectivity index (χ2v) is 17.0. The smallest absolute Gasteiger partial charge is 0.264 e. The van der Waals surface area contributed by atoms with Gasteiger partial charge in [-0.15, -0.1) is 11.3 Å². The number of fused-ring (bicyclic) bond motifs is 6. The highest BCUT2D eigenvalue weighted by Crippen LogP contribution is 2.47. The van der Waals surface area contributed by atoms with Crippen LogP contribution in [0, 0.1) is 0 Å². The Morgan fingerprint density at radius 2 is 1.15 bits per heavy atom. The van der Waals surface area contributed by atoms with Gasteiger partial charge < -0.3 is 9.80 Å². The van der Waals surface area contributed by atoms with Crippen molar-refractivity contribution in [2.45, 2.75) is 105 Å². The van der Waals surface area contributed by atoms with E-state index in [0.717, 1.165) is 0 Å². The van der Waals surface area contributed by atoms with Gasteiger partial charge in [0.1, 0.15) is 0 Å². The van der Waals surface area contributed by atoms with E-state index in [-0.39, 0.29) is 28.6 Å². The van der Waals surface area contributed by atoms with Gasteiger partial charge in [-0.25, -0.2) is 0 Å². The van der Waals surface area contributed by atoms with E-state index >= 15 is 0 Å². The van der Waals surface area contributed by atoms with Gasteiger partial charge in [-0.2, -0.15) is 0 Å². The van der Waals surface area contributed by atoms with Gasteiger partial charge >= 0.3 is 0 Å². The summed E-state index contributed by atoms with van der Waals surface area (Å²) in [6.45, 7) is 28.3. The molecule has 0 saturated carbocycles. The van der Waals surface area contributed by atoms with Gasteiger partial charge in [0.25, 0.3) is 6.71 Å². The summed E-state index contributed by atoms with van der Waals surface area (Å²) in [5, 5.41) is 1.39. The van der Waals surface area contributed by atoms with Gasteiger partial charge in [-0.05, 0) is 105 Å². The number of nitrogens with zero attached hydrogens (tertiary/aromatic N) is 2. The monoisotopic (exact) mass is 548 g/mol. The summed E-state index contributed by atoms with van der Waals surface area (Å²) in [7, 11) is 0. The highest BCUT2D eigenvalue weighted by Gasteiger charge is 2.48. The Bertz CT molecular complexity index is 1650. The van der Waals surface area contributed by atoms with E-state index in [9.17, 15) is 0 Å². The number of benzene rings is 3. The van der Waals surface area contributed by atoms with E-state index < -0.39 is 0 Å². The van der Waals surface area contributed by atoms with Crippen LogP contribution < -0.4 is 25.5 Å². The topological polar surface area (TPSA) is 6.48 Å². The Balaban J connectivity index is 1.76. The van der Waals surface area contributed by atoms with Crippen molar-refractivity contribution in [3.63, 3.8) is 0 Å². The lowest BCUT2D eigenvalue weighted by Crippen LogP contribution is -2.64. The highest BCUT2D eigenvalue weighted by molar-refractivity contribution is 7.33. The first kappa shape index (κ1) is 27.5. The lowest BCUT2D eigenvalue weighted by molar-refractivity contribution is 0.557. The normalized spacial score (nSPS) is 15.3. The molecule has 0 aliphatic carbocycles. The Labute approximate surface area is 246 Å². The molecule has 3 aromatic carbocycles. The van der Waals surface area contributed by atoms with Crippen LogP contribution in [0.3, 0.4) is 0 Å². The molecule has 0 fully saturated rings. The van der Waals surface area contributed by atoms with E-state index in [0.29, 0.717) is 0 Å². The van der Waals surface area contributed by atoms with Gasteiger partial charge in [0.05, 0.1) is 5.69 Å². The molecule has 40 heavy (non-hydrogen) atoms. The minimum atomic E-state index is -0.0827. The van der Waals surface area contributed by atoms with E-state index in [1.165, 1.54) is 59.7 Å². The summed E-state index contributed by atoms with van der Waals surface area (Å²) in [4.78, 5) is 5.25. The molecular weight excluding hydrogens is 503 g/mol. The maximum atomic E-state index is 2.66. The molecule has 0 bridgehead atoms. The van der Waals surface area contributed by atoms with E-state index in [4.69, 9.17) is 0 Å². The molecule has 4 aromatic rings. The van der Waals surface area contributed by atoms with Gasteiger partial charge in [0.2, 0.25) is 0 Å². The average molecular weight is 549 g/mol. The number of thiophene rings is 1. The van der Waals surface area contributed by atoms with Crippen molar-refractivity contribution < 1.29 is 0 Å². The minimum Gasteiger partial charge on any atom is -0.337 e. The molecule has 208 valence electrons. The molecule has 0 atom stereocenters. The zero-order valence-corrected chi connectivity index (χ0v) is 27.4. The Morgan fingerprint density at radius 3 is 1.73 bits per heavy atom. The van der Waals surface area contributed by atoms with Crippen LogP contribution in [0.15, 0.2) is 54.6 Å². The zero-order valence-electron chi connectivity index (χ0n) is 26.6. The second-order valence-electron chi connectivity index (χ2n) is 16.0. The summed E-state index contributed by atoms with van der Waals surface area (Å²) in [5.74, 6) is 0. The van der Waals surface area contributed by atoms with Crippen LogP contribution in [0.4, 0.5) is 22.7 Å². The number of anilines is 4. The number of rotatable bonds is 0. The molecule has 0 N–H and O–H groups in total. The molecule has 0 radical (unpaired) electrons. The van der Waals surface area contributed by atoms with E-state index in [2.05, 4.69) is 147 Å². The Morgan fingerprint density at radius 1 is 0.600 bits per heavy atom. The fourth-order valence-electron chi connectivity index (χ4n) is 6.78. The Hall–Kier alpha value is -2.72. The predicted molar refractivity (Wildman–Crippen MR) is 181 cm³/mol. The maximum Gasteiger partial charge on any atom is 0.264 e. The summed E-state index contributed by atoms with van der Waals surface area (Å²) in [6, 6.07) is 21.5. The molecule has 4 heteroatoms. The SMILES string of the molecule is CC(C)(C)c1ccc2c(c1)B1c3sc4ccc(C(C)(C)C)cc4c3N(C(C)(C)C)c3cccc(c31)N2C(C)(C)C. The average Bonchev–Trinajstić information content (AvgIpc) is 3.19. The van der Waals surface area contributed by atoms with Crippen LogP contribution in [-0.4, -0.2) is 17.8 Å². The van der Waals surface area contributed by atoms with Gasteiger partial charge in [0, 0.05) is 43.0 Å². The fraction of sp³-hybridized carbons (Fsp3) is 0.444. The quantitative estimate of drug-likeness (QED) is 0.203. The first-order valence-electron chi connectivity index (χ1n) is 14.8. The van der Waals surface area contributed by atoms with Crippen molar-refractivity contribution in [2.75, 3.05) is 9.80 Å². The van der Waals surface area contributed by atoms with Crippen molar-refractivity contribution in [3.05, 3.63) is 65.7 Å². The molecule has 2 aliphatic rings. The van der Waals surface area contributed by atoms with Crippen LogP contribution in [0.1, 0.15) is 94.2 Å². The third-order valence-corrected chi connectivity index (χ3v) is 9.88. The van der Waals surface area contributed by atoms with Crippen molar-refractivity contribution in [2.24, 2.45) is 0 Å². The summed E-state index contributed by atoms with van der Waals surface area (Å²) in [6.07, 6.45) is 0. The molecule has 0 amide bonds. The predicted octanol–water partition coefficient (Wildman–Crippen LogP) is 8.51. The highest BCUT2D eigenvalue weighted by atomic mass is 32.1. The zero-order chi connectivity index (χ0) is 29.2. The van der Waals surface area contributed by atoms with Crippen molar-refractivity contribution in [1.29, 1.82) is 0 Å². The fourth-order valence-corrected chi connectivity index (χ4v) is 8.08. The van der Waals surface area contributed by atoms with Crippen LogP contribution in [0.25, 0.3) is 10.1 Å². The largest absolute Gasteiger partial charge is 0.337 e. The van der Waals surface area contributed by atoms with Crippen LogP contribution >= 0.6 is 11.3 Å². The molecule has 6 rings (SSSR count). The summed E-state index contributed by atoms with van der Waals surface area (Å²) in [5.41, 5.74) is 11.2. The molecule has 0 saturated heterocycles. The molecule has 2 nitrogen and oxygen atoms in total. The number of hydrogen-bond acceptors (Lipinski definition) is 3. The number of hydrogen-bond donors (Lipinski definition) is 0. The molecule has 3 heterocycles. The van der Waals surface area contributed by atoms with Crippen LogP contribution in [0.2, 0.25) is 0 Å². The van der Waals surface area contributed by atoms with Crippen LogP contribution in [-0.2, 0) is 10.8 Å². The van der Waals surface area contributed by atoms with E-state index in [1.807, 2.05) is 11.3 Å². The molecule has 1 aromatic heterocycles. The minimum absolute atomic E-state index is 0.0628. The maximum absolute atomic E-state index is 2.66. The third-order valence-electron chi connectivity index (χ3n) is 8.66. The van der Waals surface area contributed by atoms with Crippen molar-refractivity contribution >= 4 is 66.6 Å². The van der Waals surface area contributed by atoms with Gasteiger partial charge in [0.15, 0.2) is 0 Å². The Kier molecular flexibility index (Phi) is 5.77. The molecule has 2 aliphatic heterocycles. The first-order valence-corrected chi connectivity index (χ1v) is 15.7. The second kappa shape index (κ2) is 8.41. The van der Waals surface area contributed by atoms with Crippen LogP contribution in [0.5, 0.6) is 0 Å². The molecular formula is C36H45BN2S. The van der Waals surface area contributed by atoms with E-state index in [1.54, 1.807) is 0 Å². The lowest BCUT2D eigenvalue weighted by atomic mass is 9.35. The van der Waals surface area contributed by atoms with Gasteiger partial charge in [-0.3, -0.25) is 0 Å². The first-order chi connectivity index (χ1) is 18.4. The molecule has 0 spiro atoms. The molecule has 0 unspecified atom stereocenters. The van der Waals surface area contributed by atoms with Crippen molar-refractivity contribution in [3.8, 4) is 0 Å². The van der Waals surface area contributed by atoms with Crippen molar-refractivity contribution in [1.82, 2.24) is 0 Å². The lowest BCUT2D eigenvalue weighted by Gasteiger charge is -2.50. The summed E-state index contributed by atoms with van der Waals surface area (Å²) < 4.78 is 2.87. The third kappa shape index (κ3) is 4.04. The van der Waals surface area contributed by atoms with Gasteiger partial charge in [-0.1, -0.05) is 65.8 Å². The standard InChI is InChI=1S/C36H45BN2S/c1-33(2,3)22-17-19-29-24(20-22)31-32(40-29)37-25-21-23(34(4,5)6)16-18-26(25)38(35(7,8)9)27-14-13-15-28(30(27)37)39(31)36(10,11)12/h13-21H,1-12H3.